The van der Waals surface area contributed by atoms with Crippen LogP contribution in [0.2, 0.25) is 0 Å². The Balaban J connectivity index is 1.44. The first-order valence-corrected chi connectivity index (χ1v) is 7.67. The zero-order chi connectivity index (χ0) is 15.8. The van der Waals surface area contributed by atoms with Crippen LogP contribution < -0.4 is 0 Å². The van der Waals surface area contributed by atoms with E-state index in [9.17, 15) is 4.79 Å². The van der Waals surface area contributed by atoms with Crippen molar-refractivity contribution in [2.45, 2.75) is 19.4 Å². The van der Waals surface area contributed by atoms with E-state index in [2.05, 4.69) is 20.1 Å². The second kappa shape index (κ2) is 5.69. The number of carbonyl (C=O) groups is 1. The second-order valence-corrected chi connectivity index (χ2v) is 6.04. The lowest BCUT2D eigenvalue weighted by Crippen LogP contribution is -2.32. The average Bonchev–Trinajstić information content (AvgIpc) is 3.25. The largest absolute Gasteiger partial charge is 0.376 e. The molecular weight excluding hydrogens is 298 g/mol. The fourth-order valence-corrected chi connectivity index (χ4v) is 3.39. The Morgan fingerprint density at radius 1 is 1.39 bits per heavy atom. The van der Waals surface area contributed by atoms with Crippen LogP contribution in [0.5, 0.6) is 0 Å². The third-order valence-corrected chi connectivity index (χ3v) is 4.51. The number of fused-ring (bicyclic) bond motifs is 1. The maximum atomic E-state index is 12.5. The number of aryl methyl sites for hydroxylation is 1. The molecule has 2 aliphatic rings. The standard InChI is InChI=1S/C15H17N5O3/c1-9-18-14(23-19-9)4-10-8-22-13-7-20(6-11(10)13)15(21)12-5-16-2-3-17-12/h2-3,5,10-11,13H,4,6-8H2,1H3/t10-,11+,13+/m1/s1. The predicted molar refractivity (Wildman–Crippen MR) is 77.4 cm³/mol. The van der Waals surface area contributed by atoms with Crippen molar-refractivity contribution in [1.29, 1.82) is 0 Å². The summed E-state index contributed by atoms with van der Waals surface area (Å²) in [5, 5.41) is 3.82. The summed E-state index contributed by atoms with van der Waals surface area (Å²) in [6.07, 6.45) is 5.35. The highest BCUT2D eigenvalue weighted by Gasteiger charge is 2.45. The van der Waals surface area contributed by atoms with E-state index in [0.717, 1.165) is 0 Å². The molecule has 4 rings (SSSR count). The monoisotopic (exact) mass is 315 g/mol. The molecule has 8 heteroatoms. The van der Waals surface area contributed by atoms with Crippen molar-refractivity contribution in [2.75, 3.05) is 19.7 Å². The summed E-state index contributed by atoms with van der Waals surface area (Å²) >= 11 is 0. The lowest BCUT2D eigenvalue weighted by molar-refractivity contribution is 0.0671. The van der Waals surface area contributed by atoms with Gasteiger partial charge in [0.2, 0.25) is 5.89 Å². The number of ether oxygens (including phenoxy) is 1. The SMILES string of the molecule is Cc1noc(C[C@@H]2CO[C@H]3CN(C(=O)c4cnccn4)C[C@@H]23)n1. The fraction of sp³-hybridized carbons (Fsp3) is 0.533. The Morgan fingerprint density at radius 3 is 3.04 bits per heavy atom. The number of likely N-dealkylation sites (tertiary alicyclic amines) is 1. The highest BCUT2D eigenvalue weighted by molar-refractivity contribution is 5.92. The molecule has 0 radical (unpaired) electrons. The van der Waals surface area contributed by atoms with Crippen LogP contribution in [-0.2, 0) is 11.2 Å². The maximum absolute atomic E-state index is 12.5. The third-order valence-electron chi connectivity index (χ3n) is 4.51. The van der Waals surface area contributed by atoms with E-state index in [1.807, 2.05) is 0 Å². The molecule has 23 heavy (non-hydrogen) atoms. The quantitative estimate of drug-likeness (QED) is 0.814. The Morgan fingerprint density at radius 2 is 2.30 bits per heavy atom. The molecule has 2 aliphatic heterocycles. The summed E-state index contributed by atoms with van der Waals surface area (Å²) in [7, 11) is 0. The van der Waals surface area contributed by atoms with Gasteiger partial charge < -0.3 is 14.2 Å². The van der Waals surface area contributed by atoms with Crippen molar-refractivity contribution in [3.05, 3.63) is 36.0 Å². The molecule has 2 fully saturated rings. The molecule has 3 atom stereocenters. The van der Waals surface area contributed by atoms with Crippen LogP contribution in [0.25, 0.3) is 0 Å². The molecular formula is C15H17N5O3. The highest BCUT2D eigenvalue weighted by Crippen LogP contribution is 2.35. The van der Waals surface area contributed by atoms with Crippen LogP contribution >= 0.6 is 0 Å². The van der Waals surface area contributed by atoms with Crippen molar-refractivity contribution in [3.8, 4) is 0 Å². The molecule has 0 spiro atoms. The molecule has 8 nitrogen and oxygen atoms in total. The van der Waals surface area contributed by atoms with E-state index in [0.29, 0.717) is 55.4 Å². The van der Waals surface area contributed by atoms with Crippen LogP contribution in [-0.4, -0.2) is 56.7 Å². The number of nitrogens with zero attached hydrogens (tertiary/aromatic N) is 5. The van der Waals surface area contributed by atoms with Gasteiger partial charge in [-0.3, -0.25) is 9.78 Å². The molecule has 2 aromatic rings. The summed E-state index contributed by atoms with van der Waals surface area (Å²) in [5.41, 5.74) is 0.372. The minimum Gasteiger partial charge on any atom is -0.376 e. The summed E-state index contributed by atoms with van der Waals surface area (Å²) in [6.45, 7) is 3.74. The normalized spacial score (nSPS) is 26.5. The van der Waals surface area contributed by atoms with Crippen LogP contribution in [0.1, 0.15) is 22.2 Å². The average molecular weight is 315 g/mol. The Labute approximate surface area is 132 Å². The van der Waals surface area contributed by atoms with Gasteiger partial charge in [0.05, 0.1) is 18.9 Å². The van der Waals surface area contributed by atoms with Crippen molar-refractivity contribution in [2.24, 2.45) is 11.8 Å². The number of rotatable bonds is 3. The van der Waals surface area contributed by atoms with Crippen LogP contribution in [0, 0.1) is 18.8 Å². The molecule has 0 bridgehead atoms. The van der Waals surface area contributed by atoms with Gasteiger partial charge in [-0.2, -0.15) is 4.98 Å². The first-order chi connectivity index (χ1) is 11.2. The molecule has 2 saturated heterocycles. The van der Waals surface area contributed by atoms with Crippen molar-refractivity contribution >= 4 is 5.91 Å². The van der Waals surface area contributed by atoms with Crippen LogP contribution in [0.4, 0.5) is 0 Å². The first-order valence-electron chi connectivity index (χ1n) is 7.67. The van der Waals surface area contributed by atoms with Gasteiger partial charge in [0.1, 0.15) is 5.69 Å². The number of amides is 1. The van der Waals surface area contributed by atoms with Crippen LogP contribution in [0.15, 0.2) is 23.1 Å². The van der Waals surface area contributed by atoms with E-state index in [4.69, 9.17) is 9.26 Å². The van der Waals surface area contributed by atoms with Gasteiger partial charge in [-0.25, -0.2) is 4.98 Å². The Kier molecular flexibility index (Phi) is 3.53. The molecule has 1 amide bonds. The predicted octanol–water partition coefficient (Wildman–Crippen LogP) is 0.498. The van der Waals surface area contributed by atoms with Crippen molar-refractivity contribution in [3.63, 3.8) is 0 Å². The van der Waals surface area contributed by atoms with Gasteiger partial charge in [0.25, 0.3) is 5.91 Å². The number of hydrogen-bond acceptors (Lipinski definition) is 7. The molecule has 0 unspecified atom stereocenters. The van der Waals surface area contributed by atoms with Gasteiger partial charge in [-0.1, -0.05) is 5.16 Å². The molecule has 0 N–H and O–H groups in total. The van der Waals surface area contributed by atoms with Gasteiger partial charge in [0.15, 0.2) is 5.82 Å². The number of aromatic nitrogens is 4. The summed E-state index contributed by atoms with van der Waals surface area (Å²) in [5.74, 6) is 1.77. The summed E-state index contributed by atoms with van der Waals surface area (Å²) < 4.78 is 11.1. The minimum atomic E-state index is -0.0940. The summed E-state index contributed by atoms with van der Waals surface area (Å²) in [4.78, 5) is 26.6. The molecule has 120 valence electrons. The van der Waals surface area contributed by atoms with E-state index in [1.165, 1.54) is 12.4 Å². The zero-order valence-corrected chi connectivity index (χ0v) is 12.8. The molecule has 2 aromatic heterocycles. The zero-order valence-electron chi connectivity index (χ0n) is 12.8. The smallest absolute Gasteiger partial charge is 0.274 e. The van der Waals surface area contributed by atoms with E-state index in [-0.39, 0.29) is 12.0 Å². The lowest BCUT2D eigenvalue weighted by Gasteiger charge is -2.18. The van der Waals surface area contributed by atoms with E-state index >= 15 is 0 Å². The molecule has 4 heterocycles. The molecule has 0 saturated carbocycles. The summed E-state index contributed by atoms with van der Waals surface area (Å²) in [6, 6.07) is 0. The first kappa shape index (κ1) is 14.3. The lowest BCUT2D eigenvalue weighted by atomic mass is 9.90. The maximum Gasteiger partial charge on any atom is 0.274 e. The highest BCUT2D eigenvalue weighted by atomic mass is 16.5. The Bertz CT molecular complexity index is 704. The van der Waals surface area contributed by atoms with Crippen molar-refractivity contribution < 1.29 is 14.1 Å². The van der Waals surface area contributed by atoms with Gasteiger partial charge in [0, 0.05) is 37.8 Å². The van der Waals surface area contributed by atoms with Crippen LogP contribution in [0.3, 0.4) is 0 Å². The van der Waals surface area contributed by atoms with E-state index < -0.39 is 0 Å². The van der Waals surface area contributed by atoms with Gasteiger partial charge in [-0.15, -0.1) is 0 Å². The van der Waals surface area contributed by atoms with E-state index in [1.54, 1.807) is 18.0 Å². The molecule has 0 aliphatic carbocycles. The van der Waals surface area contributed by atoms with Crippen molar-refractivity contribution in [1.82, 2.24) is 25.0 Å². The van der Waals surface area contributed by atoms with Gasteiger partial charge in [-0.05, 0) is 12.8 Å². The molecule has 0 aromatic carbocycles. The minimum absolute atomic E-state index is 0.0737. The second-order valence-electron chi connectivity index (χ2n) is 6.04. The number of carbonyl (C=O) groups excluding carboxylic acids is 1. The Hall–Kier alpha value is -2.35. The van der Waals surface area contributed by atoms with Gasteiger partial charge >= 0.3 is 0 Å². The third kappa shape index (κ3) is 2.70. The number of hydrogen-bond donors (Lipinski definition) is 0. The fourth-order valence-electron chi connectivity index (χ4n) is 3.39. The topological polar surface area (TPSA) is 94.2 Å².